The Kier molecular flexibility index (Phi) is 3.39. The van der Waals surface area contributed by atoms with Crippen molar-refractivity contribution in [1.82, 2.24) is 0 Å². The summed E-state index contributed by atoms with van der Waals surface area (Å²) in [4.78, 5) is 4.66. The Hall–Kier alpha value is -1.24. The minimum absolute atomic E-state index is 0.0204. The van der Waals surface area contributed by atoms with Gasteiger partial charge in [-0.3, -0.25) is 0 Å². The molecule has 4 heteroatoms. The summed E-state index contributed by atoms with van der Waals surface area (Å²) in [5.41, 5.74) is 5.64. The Morgan fingerprint density at radius 3 is 2.83 bits per heavy atom. The van der Waals surface area contributed by atoms with Gasteiger partial charge in [0, 0.05) is 5.92 Å². The van der Waals surface area contributed by atoms with E-state index in [1.165, 1.54) is 12.8 Å². The average Bonchev–Trinajstić information content (AvgIpc) is 2.56. The Balaban J connectivity index is 2.30. The van der Waals surface area contributed by atoms with Crippen LogP contribution in [0.1, 0.15) is 25.7 Å². The first kappa shape index (κ1) is 8.85. The van der Waals surface area contributed by atoms with Crippen molar-refractivity contribution >= 4 is 5.84 Å². The van der Waals surface area contributed by atoms with Crippen LogP contribution in [-0.2, 0) is 4.84 Å². The third kappa shape index (κ3) is 2.42. The number of nitrogens with zero attached hydrogens (tertiary/aromatic N) is 2. The lowest BCUT2D eigenvalue weighted by Gasteiger charge is -2.05. The molecule has 0 radical (unpaired) electrons. The standard InChI is InChI=1S/C8H13N3O/c9-5-6-12-11-8(10)7-3-1-2-4-7/h7H,1-4,6H2,(H2,10,11). The lowest BCUT2D eigenvalue weighted by molar-refractivity contribution is 0.176. The Labute approximate surface area is 72.0 Å². The normalized spacial score (nSPS) is 19.1. The molecule has 0 atom stereocenters. The molecule has 0 aromatic rings. The topological polar surface area (TPSA) is 71.4 Å². The molecular formula is C8H13N3O. The second kappa shape index (κ2) is 4.60. The van der Waals surface area contributed by atoms with Crippen LogP contribution in [0, 0.1) is 17.2 Å². The molecule has 1 fully saturated rings. The van der Waals surface area contributed by atoms with Crippen LogP contribution in [0.4, 0.5) is 0 Å². The number of nitriles is 1. The summed E-state index contributed by atoms with van der Waals surface area (Å²) in [5.74, 6) is 0.923. The highest BCUT2D eigenvalue weighted by Gasteiger charge is 2.18. The van der Waals surface area contributed by atoms with E-state index in [1.807, 2.05) is 6.07 Å². The molecule has 0 aromatic carbocycles. The summed E-state index contributed by atoms with van der Waals surface area (Å²) in [6.45, 7) is -0.0204. The van der Waals surface area contributed by atoms with Crippen molar-refractivity contribution < 1.29 is 4.84 Å². The summed E-state index contributed by atoms with van der Waals surface area (Å²) < 4.78 is 0. The number of rotatable bonds is 3. The van der Waals surface area contributed by atoms with Crippen molar-refractivity contribution in [3.63, 3.8) is 0 Å². The number of amidine groups is 1. The van der Waals surface area contributed by atoms with Gasteiger partial charge in [0.2, 0.25) is 6.61 Å². The van der Waals surface area contributed by atoms with E-state index in [0.717, 1.165) is 12.8 Å². The van der Waals surface area contributed by atoms with Crippen molar-refractivity contribution in [2.75, 3.05) is 6.61 Å². The number of hydrogen-bond acceptors (Lipinski definition) is 3. The molecule has 1 saturated carbocycles. The first-order chi connectivity index (χ1) is 5.84. The van der Waals surface area contributed by atoms with Gasteiger partial charge in [-0.1, -0.05) is 18.0 Å². The van der Waals surface area contributed by atoms with E-state index >= 15 is 0 Å². The molecule has 66 valence electrons. The zero-order valence-corrected chi connectivity index (χ0v) is 6.99. The zero-order chi connectivity index (χ0) is 8.81. The van der Waals surface area contributed by atoms with Gasteiger partial charge in [-0.2, -0.15) is 5.26 Å². The first-order valence-corrected chi connectivity index (χ1v) is 4.17. The summed E-state index contributed by atoms with van der Waals surface area (Å²) in [6.07, 6.45) is 4.65. The smallest absolute Gasteiger partial charge is 0.202 e. The SMILES string of the molecule is N#CCO/N=C(\N)C1CCCC1. The monoisotopic (exact) mass is 167 g/mol. The van der Waals surface area contributed by atoms with Crippen molar-refractivity contribution in [3.05, 3.63) is 0 Å². The maximum absolute atomic E-state index is 8.16. The van der Waals surface area contributed by atoms with Gasteiger partial charge in [-0.15, -0.1) is 0 Å². The second-order valence-electron chi connectivity index (χ2n) is 2.93. The van der Waals surface area contributed by atoms with Gasteiger partial charge in [-0.05, 0) is 12.8 Å². The van der Waals surface area contributed by atoms with Crippen molar-refractivity contribution in [2.45, 2.75) is 25.7 Å². The predicted molar refractivity (Wildman–Crippen MR) is 45.1 cm³/mol. The van der Waals surface area contributed by atoms with Crippen LogP contribution >= 0.6 is 0 Å². The third-order valence-corrected chi connectivity index (χ3v) is 2.07. The minimum atomic E-state index is -0.0204. The molecule has 1 rings (SSSR count). The molecule has 0 unspecified atom stereocenters. The molecule has 12 heavy (non-hydrogen) atoms. The van der Waals surface area contributed by atoms with E-state index < -0.39 is 0 Å². The van der Waals surface area contributed by atoms with Gasteiger partial charge in [0.15, 0.2) is 0 Å². The van der Waals surface area contributed by atoms with Gasteiger partial charge in [0.05, 0.1) is 0 Å². The highest BCUT2D eigenvalue weighted by Crippen LogP contribution is 2.24. The van der Waals surface area contributed by atoms with Crippen LogP contribution in [0.3, 0.4) is 0 Å². The summed E-state index contributed by atoms with van der Waals surface area (Å²) in [5, 5.41) is 11.8. The fourth-order valence-corrected chi connectivity index (χ4v) is 1.43. The van der Waals surface area contributed by atoms with Crippen LogP contribution in [0.15, 0.2) is 5.16 Å². The third-order valence-electron chi connectivity index (χ3n) is 2.07. The highest BCUT2D eigenvalue weighted by molar-refractivity contribution is 5.82. The van der Waals surface area contributed by atoms with E-state index in [4.69, 9.17) is 11.0 Å². The van der Waals surface area contributed by atoms with Crippen molar-refractivity contribution in [1.29, 1.82) is 5.26 Å². The molecule has 4 nitrogen and oxygen atoms in total. The Bertz CT molecular complexity index is 201. The van der Waals surface area contributed by atoms with Crippen LogP contribution in [0.2, 0.25) is 0 Å². The summed E-state index contributed by atoms with van der Waals surface area (Å²) in [6, 6.07) is 1.83. The Morgan fingerprint density at radius 2 is 2.25 bits per heavy atom. The van der Waals surface area contributed by atoms with Crippen molar-refractivity contribution in [2.24, 2.45) is 16.8 Å². The molecule has 0 bridgehead atoms. The maximum atomic E-state index is 8.16. The number of oxime groups is 1. The molecule has 0 saturated heterocycles. The average molecular weight is 167 g/mol. The molecule has 1 aliphatic carbocycles. The quantitative estimate of drug-likeness (QED) is 0.295. The molecule has 1 aliphatic rings. The van der Waals surface area contributed by atoms with E-state index in [0.29, 0.717) is 11.8 Å². The van der Waals surface area contributed by atoms with Gasteiger partial charge in [0.25, 0.3) is 0 Å². The van der Waals surface area contributed by atoms with E-state index in [9.17, 15) is 0 Å². The van der Waals surface area contributed by atoms with Crippen molar-refractivity contribution in [3.8, 4) is 6.07 Å². The fraction of sp³-hybridized carbons (Fsp3) is 0.750. The van der Waals surface area contributed by atoms with Gasteiger partial charge < -0.3 is 10.6 Å². The van der Waals surface area contributed by atoms with Gasteiger partial charge in [-0.25, -0.2) is 0 Å². The molecule has 0 spiro atoms. The molecule has 0 aliphatic heterocycles. The van der Waals surface area contributed by atoms with Gasteiger partial charge >= 0.3 is 0 Å². The molecule has 0 heterocycles. The van der Waals surface area contributed by atoms with Crippen LogP contribution < -0.4 is 5.73 Å². The lowest BCUT2D eigenvalue weighted by atomic mass is 10.1. The summed E-state index contributed by atoms with van der Waals surface area (Å²) >= 11 is 0. The van der Waals surface area contributed by atoms with E-state index in [1.54, 1.807) is 0 Å². The van der Waals surface area contributed by atoms with E-state index in [2.05, 4.69) is 9.99 Å². The second-order valence-corrected chi connectivity index (χ2v) is 2.93. The Morgan fingerprint density at radius 1 is 1.58 bits per heavy atom. The highest BCUT2D eigenvalue weighted by atomic mass is 16.6. The number of hydrogen-bond donors (Lipinski definition) is 1. The summed E-state index contributed by atoms with van der Waals surface area (Å²) in [7, 11) is 0. The molecule has 0 aromatic heterocycles. The van der Waals surface area contributed by atoms with E-state index in [-0.39, 0.29) is 6.61 Å². The fourth-order valence-electron chi connectivity index (χ4n) is 1.43. The maximum Gasteiger partial charge on any atom is 0.202 e. The lowest BCUT2D eigenvalue weighted by Crippen LogP contribution is -2.21. The van der Waals surface area contributed by atoms with Crippen LogP contribution in [0.25, 0.3) is 0 Å². The van der Waals surface area contributed by atoms with Crippen LogP contribution in [-0.4, -0.2) is 12.4 Å². The minimum Gasteiger partial charge on any atom is -0.384 e. The van der Waals surface area contributed by atoms with Crippen LogP contribution in [0.5, 0.6) is 0 Å². The molecule has 2 N–H and O–H groups in total. The largest absolute Gasteiger partial charge is 0.384 e. The molecular weight excluding hydrogens is 154 g/mol. The zero-order valence-electron chi connectivity index (χ0n) is 6.99. The first-order valence-electron chi connectivity index (χ1n) is 4.17. The number of nitrogens with two attached hydrogens (primary N) is 1. The van der Waals surface area contributed by atoms with Gasteiger partial charge in [0.1, 0.15) is 11.9 Å². The molecule has 0 amide bonds. The predicted octanol–water partition coefficient (Wildman–Crippen LogP) is 0.989.